The van der Waals surface area contributed by atoms with E-state index in [9.17, 15) is 14.0 Å². The van der Waals surface area contributed by atoms with E-state index in [0.29, 0.717) is 10.8 Å². The molecule has 0 fully saturated rings. The van der Waals surface area contributed by atoms with E-state index in [2.05, 4.69) is 15.3 Å². The molecular formula is C21H14ClFN4O2S. The third-order valence-electron chi connectivity index (χ3n) is 4.33. The number of nitrogens with one attached hydrogen (secondary N) is 1. The zero-order valence-electron chi connectivity index (χ0n) is 15.6. The van der Waals surface area contributed by atoms with Gasteiger partial charge in [0.05, 0.1) is 22.0 Å². The van der Waals surface area contributed by atoms with Crippen molar-refractivity contribution in [2.24, 2.45) is 0 Å². The van der Waals surface area contributed by atoms with E-state index in [4.69, 9.17) is 11.6 Å². The van der Waals surface area contributed by atoms with E-state index < -0.39 is 17.3 Å². The Morgan fingerprint density at radius 1 is 1.23 bits per heavy atom. The zero-order chi connectivity index (χ0) is 21.3. The summed E-state index contributed by atoms with van der Waals surface area (Å²) < 4.78 is 15.0. The number of carbonyl (C=O) groups excluding carboxylic acids is 1. The van der Waals surface area contributed by atoms with Gasteiger partial charge in [-0.1, -0.05) is 17.7 Å². The Labute approximate surface area is 179 Å². The smallest absolute Gasteiger partial charge is 0.258 e. The van der Waals surface area contributed by atoms with E-state index in [0.717, 1.165) is 17.3 Å². The molecule has 4 rings (SSSR count). The van der Waals surface area contributed by atoms with Gasteiger partial charge in [-0.15, -0.1) is 11.3 Å². The number of aromatic nitrogens is 3. The van der Waals surface area contributed by atoms with Crippen molar-refractivity contribution in [3.63, 3.8) is 0 Å². The number of anilines is 1. The van der Waals surface area contributed by atoms with Crippen LogP contribution in [-0.2, 0) is 0 Å². The topological polar surface area (TPSA) is 76.9 Å². The van der Waals surface area contributed by atoms with Crippen LogP contribution in [0.25, 0.3) is 17.1 Å². The minimum Gasteiger partial charge on any atom is -0.298 e. The van der Waals surface area contributed by atoms with Gasteiger partial charge in [0.25, 0.3) is 11.5 Å². The number of amides is 1. The van der Waals surface area contributed by atoms with E-state index in [1.165, 1.54) is 46.4 Å². The predicted octanol–water partition coefficient (Wildman–Crippen LogP) is 4.71. The Kier molecular flexibility index (Phi) is 5.43. The van der Waals surface area contributed by atoms with Crippen molar-refractivity contribution in [3.8, 4) is 17.1 Å². The van der Waals surface area contributed by atoms with Crippen LogP contribution in [0.15, 0.2) is 65.0 Å². The van der Waals surface area contributed by atoms with Crippen LogP contribution in [0.4, 0.5) is 9.52 Å². The second-order valence-electron chi connectivity index (χ2n) is 6.39. The van der Waals surface area contributed by atoms with Gasteiger partial charge in [-0.05, 0) is 42.8 Å². The molecule has 0 saturated carbocycles. The third kappa shape index (κ3) is 4.00. The molecule has 1 N–H and O–H groups in total. The Morgan fingerprint density at radius 3 is 2.83 bits per heavy atom. The van der Waals surface area contributed by atoms with Crippen molar-refractivity contribution in [2.75, 3.05) is 5.32 Å². The summed E-state index contributed by atoms with van der Waals surface area (Å²) in [5, 5.41) is 4.87. The van der Waals surface area contributed by atoms with Crippen molar-refractivity contribution >= 4 is 34.0 Å². The lowest BCUT2D eigenvalue weighted by molar-refractivity contribution is 0.102. The summed E-state index contributed by atoms with van der Waals surface area (Å²) in [6.45, 7) is 1.93. The molecule has 0 atom stereocenters. The summed E-state index contributed by atoms with van der Waals surface area (Å²) in [6, 6.07) is 10.4. The molecule has 0 spiro atoms. The van der Waals surface area contributed by atoms with Gasteiger partial charge >= 0.3 is 0 Å². The fourth-order valence-electron chi connectivity index (χ4n) is 2.82. The van der Waals surface area contributed by atoms with Crippen LogP contribution >= 0.6 is 22.9 Å². The SMILES string of the molecule is Cc1cccnc1-c1csc(NC(=O)c2ccc(=O)n(-c3ccc(Cl)c(F)c3)c2)n1. The zero-order valence-corrected chi connectivity index (χ0v) is 17.2. The standard InChI is InChI=1S/C21H14ClFN4O2S/c1-12-3-2-8-24-19(12)17-11-30-21(25-17)26-20(29)13-4-7-18(28)27(10-13)14-5-6-15(22)16(23)9-14/h2-11H,1H3,(H,25,26,29). The molecule has 3 aromatic heterocycles. The monoisotopic (exact) mass is 440 g/mol. The fourth-order valence-corrected chi connectivity index (χ4v) is 3.63. The number of aryl methyl sites for hydroxylation is 1. The molecule has 0 aliphatic rings. The summed E-state index contributed by atoms with van der Waals surface area (Å²) in [5.74, 6) is -1.10. The van der Waals surface area contributed by atoms with Crippen LogP contribution in [0, 0.1) is 12.7 Å². The Hall–Kier alpha value is -3.36. The van der Waals surface area contributed by atoms with E-state index in [1.54, 1.807) is 6.20 Å². The van der Waals surface area contributed by atoms with Gasteiger partial charge in [0.2, 0.25) is 0 Å². The molecule has 9 heteroatoms. The molecule has 30 heavy (non-hydrogen) atoms. The Balaban J connectivity index is 1.60. The highest BCUT2D eigenvalue weighted by molar-refractivity contribution is 7.14. The van der Waals surface area contributed by atoms with Gasteiger partial charge in [-0.3, -0.25) is 24.5 Å². The minimum absolute atomic E-state index is 0.0524. The maximum Gasteiger partial charge on any atom is 0.258 e. The lowest BCUT2D eigenvalue weighted by Crippen LogP contribution is -2.21. The van der Waals surface area contributed by atoms with E-state index >= 15 is 0 Å². The van der Waals surface area contributed by atoms with Crippen LogP contribution < -0.4 is 10.9 Å². The number of hydrogen-bond donors (Lipinski definition) is 1. The number of benzene rings is 1. The highest BCUT2D eigenvalue weighted by atomic mass is 35.5. The number of carbonyl (C=O) groups is 1. The van der Waals surface area contributed by atoms with Crippen LogP contribution in [0.2, 0.25) is 5.02 Å². The first-order valence-corrected chi connectivity index (χ1v) is 10.0. The molecule has 1 amide bonds. The maximum atomic E-state index is 13.8. The first-order chi connectivity index (χ1) is 14.4. The molecule has 0 unspecified atom stereocenters. The predicted molar refractivity (Wildman–Crippen MR) is 115 cm³/mol. The second-order valence-corrected chi connectivity index (χ2v) is 7.65. The Morgan fingerprint density at radius 2 is 2.07 bits per heavy atom. The second kappa shape index (κ2) is 8.17. The highest BCUT2D eigenvalue weighted by Crippen LogP contribution is 2.26. The molecule has 0 radical (unpaired) electrons. The van der Waals surface area contributed by atoms with E-state index in [-0.39, 0.29) is 16.3 Å². The van der Waals surface area contributed by atoms with Gasteiger partial charge in [0.15, 0.2) is 5.13 Å². The number of halogens is 2. The average Bonchev–Trinajstić information content (AvgIpc) is 3.19. The number of pyridine rings is 2. The number of rotatable bonds is 4. The molecular weight excluding hydrogens is 427 g/mol. The first kappa shape index (κ1) is 19.9. The largest absolute Gasteiger partial charge is 0.298 e. The quantitative estimate of drug-likeness (QED) is 0.498. The van der Waals surface area contributed by atoms with Gasteiger partial charge < -0.3 is 0 Å². The third-order valence-corrected chi connectivity index (χ3v) is 5.40. The molecule has 0 bridgehead atoms. The molecule has 0 saturated heterocycles. The summed E-state index contributed by atoms with van der Waals surface area (Å²) in [7, 11) is 0. The summed E-state index contributed by atoms with van der Waals surface area (Å²) >= 11 is 6.97. The van der Waals surface area contributed by atoms with Crippen molar-refractivity contribution in [2.45, 2.75) is 6.92 Å². The highest BCUT2D eigenvalue weighted by Gasteiger charge is 2.14. The van der Waals surface area contributed by atoms with Gasteiger partial charge in [-0.25, -0.2) is 9.37 Å². The molecule has 150 valence electrons. The van der Waals surface area contributed by atoms with Gasteiger partial charge in [0, 0.05) is 23.8 Å². The number of thiazole rings is 1. The van der Waals surface area contributed by atoms with Crippen molar-refractivity contribution in [1.29, 1.82) is 0 Å². The van der Waals surface area contributed by atoms with Crippen LogP contribution in [0.5, 0.6) is 0 Å². The lowest BCUT2D eigenvalue weighted by Gasteiger charge is -2.09. The fraction of sp³-hybridized carbons (Fsp3) is 0.0476. The average molecular weight is 441 g/mol. The summed E-state index contributed by atoms with van der Waals surface area (Å²) in [6.07, 6.45) is 3.03. The van der Waals surface area contributed by atoms with Crippen molar-refractivity contribution in [3.05, 3.63) is 92.6 Å². The first-order valence-electron chi connectivity index (χ1n) is 8.79. The number of nitrogens with zero attached hydrogens (tertiary/aromatic N) is 3. The van der Waals surface area contributed by atoms with Crippen LogP contribution in [0.3, 0.4) is 0 Å². The normalized spacial score (nSPS) is 10.8. The van der Waals surface area contributed by atoms with E-state index in [1.807, 2.05) is 24.4 Å². The number of hydrogen-bond acceptors (Lipinski definition) is 5. The Bertz CT molecular complexity index is 1320. The summed E-state index contributed by atoms with van der Waals surface area (Å²) in [5.41, 5.74) is 2.45. The molecule has 0 aliphatic heterocycles. The van der Waals surface area contributed by atoms with Crippen molar-refractivity contribution < 1.29 is 9.18 Å². The molecule has 3 heterocycles. The van der Waals surface area contributed by atoms with Gasteiger partial charge in [-0.2, -0.15) is 0 Å². The molecule has 4 aromatic rings. The van der Waals surface area contributed by atoms with Gasteiger partial charge in [0.1, 0.15) is 11.5 Å². The lowest BCUT2D eigenvalue weighted by atomic mass is 10.2. The maximum absolute atomic E-state index is 13.8. The molecule has 0 aliphatic carbocycles. The van der Waals surface area contributed by atoms with Crippen LogP contribution in [0.1, 0.15) is 15.9 Å². The minimum atomic E-state index is -0.656. The molecule has 1 aromatic carbocycles. The summed E-state index contributed by atoms with van der Waals surface area (Å²) in [4.78, 5) is 33.6. The van der Waals surface area contributed by atoms with Crippen LogP contribution in [-0.4, -0.2) is 20.4 Å². The van der Waals surface area contributed by atoms with Crippen molar-refractivity contribution in [1.82, 2.24) is 14.5 Å². The molecule has 6 nitrogen and oxygen atoms in total.